The molecular weight excluding hydrogens is 302 g/mol. The van der Waals surface area contributed by atoms with Crippen LogP contribution in [-0.4, -0.2) is 29.9 Å². The van der Waals surface area contributed by atoms with Crippen LogP contribution in [0.4, 0.5) is 4.79 Å². The van der Waals surface area contributed by atoms with Crippen molar-refractivity contribution in [2.45, 2.75) is 32.2 Å². The Morgan fingerprint density at radius 1 is 1.36 bits per heavy atom. The molecular formula is C16H22ClN3O2. The fraction of sp³-hybridized carbons (Fsp3) is 0.500. The van der Waals surface area contributed by atoms with Crippen LogP contribution in [0.15, 0.2) is 24.3 Å². The van der Waals surface area contributed by atoms with Gasteiger partial charge in [-0.2, -0.15) is 0 Å². The molecule has 0 aliphatic carbocycles. The molecule has 1 aliphatic rings. The van der Waals surface area contributed by atoms with Crippen LogP contribution in [0.2, 0.25) is 5.02 Å². The van der Waals surface area contributed by atoms with Gasteiger partial charge in [0, 0.05) is 18.1 Å². The fourth-order valence-electron chi connectivity index (χ4n) is 2.73. The Labute approximate surface area is 135 Å². The minimum absolute atomic E-state index is 0.0190. The summed E-state index contributed by atoms with van der Waals surface area (Å²) in [6.45, 7) is 3.74. The maximum absolute atomic E-state index is 12.5. The first kappa shape index (κ1) is 16.6. The number of benzene rings is 1. The number of carbonyl (C=O) groups is 2. The van der Waals surface area contributed by atoms with Crippen molar-refractivity contribution in [1.29, 1.82) is 0 Å². The first-order valence-corrected chi connectivity index (χ1v) is 7.93. The van der Waals surface area contributed by atoms with Crippen molar-refractivity contribution in [3.8, 4) is 0 Å². The summed E-state index contributed by atoms with van der Waals surface area (Å²) in [7, 11) is 0. The number of rotatable bonds is 4. The molecule has 1 aromatic carbocycles. The number of nitrogens with one attached hydrogen (secondary N) is 1. The topological polar surface area (TPSA) is 75.4 Å². The summed E-state index contributed by atoms with van der Waals surface area (Å²) in [5.41, 5.74) is 5.95. The van der Waals surface area contributed by atoms with Crippen molar-refractivity contribution in [3.63, 3.8) is 0 Å². The Kier molecular flexibility index (Phi) is 5.66. The van der Waals surface area contributed by atoms with Gasteiger partial charge in [-0.15, -0.1) is 0 Å². The second-order valence-corrected chi connectivity index (χ2v) is 6.26. The Morgan fingerprint density at radius 3 is 2.59 bits per heavy atom. The van der Waals surface area contributed by atoms with Gasteiger partial charge in [-0.25, -0.2) is 4.79 Å². The maximum Gasteiger partial charge on any atom is 0.312 e. The molecule has 6 heteroatoms. The van der Waals surface area contributed by atoms with Gasteiger partial charge in [0.15, 0.2) is 0 Å². The molecule has 3 amide bonds. The van der Waals surface area contributed by atoms with Crippen molar-refractivity contribution >= 4 is 23.5 Å². The van der Waals surface area contributed by atoms with Gasteiger partial charge in [-0.05, 0) is 30.4 Å². The zero-order valence-electron chi connectivity index (χ0n) is 12.7. The molecule has 1 aliphatic heterocycles. The van der Waals surface area contributed by atoms with Crippen molar-refractivity contribution in [1.82, 2.24) is 10.2 Å². The molecule has 5 nitrogen and oxygen atoms in total. The average molecular weight is 324 g/mol. The number of nitrogens with two attached hydrogens (primary N) is 1. The number of halogens is 1. The zero-order valence-corrected chi connectivity index (χ0v) is 13.5. The number of carbonyl (C=O) groups excluding carboxylic acids is 2. The van der Waals surface area contributed by atoms with E-state index >= 15 is 0 Å². The summed E-state index contributed by atoms with van der Waals surface area (Å²) in [6, 6.07) is 6.00. The molecule has 0 unspecified atom stereocenters. The van der Waals surface area contributed by atoms with E-state index in [4.69, 9.17) is 17.3 Å². The predicted molar refractivity (Wildman–Crippen MR) is 86.5 cm³/mol. The normalized spacial score (nSPS) is 17.1. The highest BCUT2D eigenvalue weighted by atomic mass is 35.5. The second kappa shape index (κ2) is 7.49. The molecule has 0 aromatic heterocycles. The summed E-state index contributed by atoms with van der Waals surface area (Å²) >= 11 is 6.17. The number of primary amides is 1. The van der Waals surface area contributed by atoms with Crippen LogP contribution in [0.3, 0.4) is 0 Å². The minimum Gasteiger partial charge on any atom is -0.352 e. The highest BCUT2D eigenvalue weighted by Gasteiger charge is 2.25. The van der Waals surface area contributed by atoms with Gasteiger partial charge in [0.1, 0.15) is 0 Å². The molecule has 1 atom stereocenters. The molecule has 0 saturated carbocycles. The van der Waals surface area contributed by atoms with Gasteiger partial charge in [0.25, 0.3) is 0 Å². The lowest BCUT2D eigenvalue weighted by Crippen LogP contribution is -2.41. The van der Waals surface area contributed by atoms with E-state index in [0.717, 1.165) is 25.9 Å². The van der Waals surface area contributed by atoms with E-state index in [1.807, 2.05) is 11.0 Å². The molecule has 0 spiro atoms. The molecule has 1 aromatic rings. The third-order valence-electron chi connectivity index (χ3n) is 4.11. The first-order valence-electron chi connectivity index (χ1n) is 7.55. The number of hydrogen-bond acceptors (Lipinski definition) is 2. The van der Waals surface area contributed by atoms with E-state index in [9.17, 15) is 9.59 Å². The number of likely N-dealkylation sites (tertiary alicyclic amines) is 1. The predicted octanol–water partition coefficient (Wildman–Crippen LogP) is 2.70. The Hall–Kier alpha value is -1.75. The van der Waals surface area contributed by atoms with Crippen LogP contribution in [0, 0.1) is 5.92 Å². The van der Waals surface area contributed by atoms with Crippen LogP contribution >= 0.6 is 11.6 Å². The lowest BCUT2D eigenvalue weighted by Gasteiger charge is -2.31. The quantitative estimate of drug-likeness (QED) is 0.894. The van der Waals surface area contributed by atoms with E-state index in [0.29, 0.717) is 16.5 Å². The number of hydrogen-bond donors (Lipinski definition) is 2. The highest BCUT2D eigenvalue weighted by Crippen LogP contribution is 2.26. The van der Waals surface area contributed by atoms with Crippen LogP contribution in [0.1, 0.15) is 37.8 Å². The van der Waals surface area contributed by atoms with Crippen molar-refractivity contribution in [2.24, 2.45) is 11.7 Å². The third-order valence-corrected chi connectivity index (χ3v) is 4.46. The van der Waals surface area contributed by atoms with Crippen LogP contribution in [0.25, 0.3) is 0 Å². The molecule has 0 radical (unpaired) electrons. The molecule has 0 bridgehead atoms. The van der Waals surface area contributed by atoms with E-state index < -0.39 is 12.1 Å². The monoisotopic (exact) mass is 323 g/mol. The standard InChI is InChI=1S/C16H22ClN3O2/c1-11-6-8-20(9-7-11)15(21)10-14(19-16(18)22)12-4-2-3-5-13(12)17/h2-5,11,14H,6-10H2,1H3,(H3,18,19,22)/t14-/m0/s1. The van der Waals surface area contributed by atoms with Crippen LogP contribution < -0.4 is 11.1 Å². The number of urea groups is 1. The minimum atomic E-state index is -0.662. The summed E-state index contributed by atoms with van der Waals surface area (Å²) in [5, 5.41) is 3.14. The summed E-state index contributed by atoms with van der Waals surface area (Å²) in [5.74, 6) is 0.678. The molecule has 120 valence electrons. The van der Waals surface area contributed by atoms with Gasteiger partial charge in [-0.1, -0.05) is 36.7 Å². The van der Waals surface area contributed by atoms with Gasteiger partial charge < -0.3 is 16.0 Å². The second-order valence-electron chi connectivity index (χ2n) is 5.85. The van der Waals surface area contributed by atoms with Crippen LogP contribution in [0.5, 0.6) is 0 Å². The lowest BCUT2D eigenvalue weighted by atomic mass is 9.97. The Morgan fingerprint density at radius 2 is 2.00 bits per heavy atom. The Bertz CT molecular complexity index is 542. The third kappa shape index (κ3) is 4.37. The molecule has 1 heterocycles. The van der Waals surface area contributed by atoms with E-state index in [1.165, 1.54) is 0 Å². The zero-order chi connectivity index (χ0) is 16.1. The van der Waals surface area contributed by atoms with Gasteiger partial charge in [0.05, 0.1) is 12.5 Å². The summed E-state index contributed by atoms with van der Waals surface area (Å²) in [6.07, 6.45) is 2.21. The average Bonchev–Trinajstić information content (AvgIpc) is 2.47. The van der Waals surface area contributed by atoms with Crippen molar-refractivity contribution < 1.29 is 9.59 Å². The molecule has 3 N–H and O–H groups in total. The van der Waals surface area contributed by atoms with E-state index in [1.54, 1.807) is 18.2 Å². The molecule has 1 fully saturated rings. The van der Waals surface area contributed by atoms with Gasteiger partial charge in [-0.3, -0.25) is 4.79 Å². The first-order chi connectivity index (χ1) is 10.5. The van der Waals surface area contributed by atoms with E-state index in [2.05, 4.69) is 12.2 Å². The largest absolute Gasteiger partial charge is 0.352 e. The SMILES string of the molecule is CC1CCN(C(=O)C[C@H](NC(N)=O)c2ccccc2Cl)CC1. The molecule has 22 heavy (non-hydrogen) atoms. The number of nitrogens with zero attached hydrogens (tertiary/aromatic N) is 1. The van der Waals surface area contributed by atoms with E-state index in [-0.39, 0.29) is 12.3 Å². The Balaban J connectivity index is 2.08. The highest BCUT2D eigenvalue weighted by molar-refractivity contribution is 6.31. The fourth-order valence-corrected chi connectivity index (χ4v) is 3.00. The number of amides is 3. The van der Waals surface area contributed by atoms with Crippen LogP contribution in [-0.2, 0) is 4.79 Å². The lowest BCUT2D eigenvalue weighted by molar-refractivity contribution is -0.133. The van der Waals surface area contributed by atoms with Gasteiger partial charge in [0.2, 0.25) is 5.91 Å². The maximum atomic E-state index is 12.5. The smallest absolute Gasteiger partial charge is 0.312 e. The number of piperidine rings is 1. The van der Waals surface area contributed by atoms with Crippen molar-refractivity contribution in [2.75, 3.05) is 13.1 Å². The molecule has 1 saturated heterocycles. The molecule has 2 rings (SSSR count). The summed E-state index contributed by atoms with van der Waals surface area (Å²) < 4.78 is 0. The summed E-state index contributed by atoms with van der Waals surface area (Å²) in [4.78, 5) is 25.6. The van der Waals surface area contributed by atoms with Crippen molar-refractivity contribution in [3.05, 3.63) is 34.9 Å². The van der Waals surface area contributed by atoms with Gasteiger partial charge >= 0.3 is 6.03 Å².